The highest BCUT2D eigenvalue weighted by atomic mass is 16.4. The minimum atomic E-state index is -1.61. The standard InChI is InChI=1S/C8H11N3O3/c9-4-1-2-5(6(3-4)11-10)7(12)8(13)14/h1-3,7,11-12H,9-10H2,(H,13,14). The van der Waals surface area contributed by atoms with E-state index in [4.69, 9.17) is 16.7 Å². The van der Waals surface area contributed by atoms with Gasteiger partial charge in [0.1, 0.15) is 0 Å². The van der Waals surface area contributed by atoms with Crippen molar-refractivity contribution in [1.82, 2.24) is 0 Å². The number of rotatable bonds is 3. The van der Waals surface area contributed by atoms with Gasteiger partial charge in [0.15, 0.2) is 6.10 Å². The zero-order chi connectivity index (χ0) is 10.7. The number of nitrogens with one attached hydrogen (secondary N) is 1. The Hall–Kier alpha value is -1.79. The predicted molar refractivity (Wildman–Crippen MR) is 51.3 cm³/mol. The molecular weight excluding hydrogens is 186 g/mol. The Morgan fingerprint density at radius 2 is 2.14 bits per heavy atom. The molecule has 7 N–H and O–H groups in total. The van der Waals surface area contributed by atoms with Gasteiger partial charge in [0.2, 0.25) is 0 Å². The molecule has 0 bridgehead atoms. The molecule has 14 heavy (non-hydrogen) atoms. The Morgan fingerprint density at radius 1 is 1.50 bits per heavy atom. The lowest BCUT2D eigenvalue weighted by Gasteiger charge is -2.12. The number of nitrogens with two attached hydrogens (primary N) is 2. The number of nitrogen functional groups attached to an aromatic ring is 2. The van der Waals surface area contributed by atoms with Gasteiger partial charge in [-0.2, -0.15) is 0 Å². The minimum Gasteiger partial charge on any atom is -0.479 e. The van der Waals surface area contributed by atoms with Gasteiger partial charge in [-0.25, -0.2) is 4.79 Å². The van der Waals surface area contributed by atoms with E-state index in [1.54, 1.807) is 0 Å². The molecule has 0 aliphatic carbocycles. The number of carboxylic acid groups (broad SMARTS) is 1. The van der Waals surface area contributed by atoms with E-state index >= 15 is 0 Å². The smallest absolute Gasteiger partial charge is 0.337 e. The normalized spacial score (nSPS) is 12.1. The van der Waals surface area contributed by atoms with Crippen molar-refractivity contribution in [1.29, 1.82) is 0 Å². The van der Waals surface area contributed by atoms with E-state index in [-0.39, 0.29) is 5.56 Å². The van der Waals surface area contributed by atoms with Gasteiger partial charge >= 0.3 is 5.97 Å². The summed E-state index contributed by atoms with van der Waals surface area (Å²) in [7, 11) is 0. The van der Waals surface area contributed by atoms with Crippen molar-refractivity contribution in [3.05, 3.63) is 23.8 Å². The molecule has 0 heterocycles. The van der Waals surface area contributed by atoms with Crippen molar-refractivity contribution in [2.24, 2.45) is 5.84 Å². The van der Waals surface area contributed by atoms with Crippen LogP contribution in [0, 0.1) is 0 Å². The Balaban J connectivity index is 3.13. The first-order valence-electron chi connectivity index (χ1n) is 3.83. The van der Waals surface area contributed by atoms with Crippen LogP contribution >= 0.6 is 0 Å². The molecule has 1 rings (SSSR count). The Bertz CT molecular complexity index is 354. The van der Waals surface area contributed by atoms with Crippen LogP contribution in [0.4, 0.5) is 11.4 Å². The average Bonchev–Trinajstić information content (AvgIpc) is 2.16. The second-order valence-corrected chi connectivity index (χ2v) is 2.73. The van der Waals surface area contributed by atoms with Crippen LogP contribution < -0.4 is 17.0 Å². The fraction of sp³-hybridized carbons (Fsp3) is 0.125. The maximum Gasteiger partial charge on any atom is 0.337 e. The van der Waals surface area contributed by atoms with Gasteiger partial charge in [-0.05, 0) is 12.1 Å². The second kappa shape index (κ2) is 3.95. The van der Waals surface area contributed by atoms with Crippen molar-refractivity contribution < 1.29 is 15.0 Å². The summed E-state index contributed by atoms with van der Waals surface area (Å²) in [5.41, 5.74) is 8.62. The lowest BCUT2D eigenvalue weighted by molar-refractivity contribution is -0.146. The van der Waals surface area contributed by atoms with Crippen LogP contribution in [0.3, 0.4) is 0 Å². The third-order valence-corrected chi connectivity index (χ3v) is 1.76. The van der Waals surface area contributed by atoms with Gasteiger partial charge in [-0.15, -0.1) is 0 Å². The number of carbonyl (C=O) groups is 1. The molecule has 1 unspecified atom stereocenters. The third-order valence-electron chi connectivity index (χ3n) is 1.76. The Morgan fingerprint density at radius 3 is 2.64 bits per heavy atom. The SMILES string of the molecule is NNc1cc(N)ccc1C(O)C(=O)O. The number of hydrogen-bond acceptors (Lipinski definition) is 5. The fourth-order valence-electron chi connectivity index (χ4n) is 1.07. The molecule has 1 aromatic rings. The first kappa shape index (κ1) is 10.3. The van der Waals surface area contributed by atoms with E-state index in [9.17, 15) is 9.90 Å². The molecule has 6 nitrogen and oxygen atoms in total. The Labute approximate surface area is 80.1 Å². The predicted octanol–water partition coefficient (Wildman–Crippen LogP) is -0.328. The molecule has 76 valence electrons. The molecule has 6 heteroatoms. The number of hydrogen-bond donors (Lipinski definition) is 5. The second-order valence-electron chi connectivity index (χ2n) is 2.73. The molecule has 1 atom stereocenters. The highest BCUT2D eigenvalue weighted by Crippen LogP contribution is 2.24. The molecule has 0 spiro atoms. The molecule has 0 fully saturated rings. The molecule has 0 saturated heterocycles. The van der Waals surface area contributed by atoms with Gasteiger partial charge in [0.05, 0.1) is 5.69 Å². The number of anilines is 2. The number of aliphatic hydroxyl groups excluding tert-OH is 1. The number of hydrazine groups is 1. The van der Waals surface area contributed by atoms with Crippen LogP contribution in [0.15, 0.2) is 18.2 Å². The summed E-state index contributed by atoms with van der Waals surface area (Å²) < 4.78 is 0. The molecule has 0 aliphatic heterocycles. The van der Waals surface area contributed by atoms with Gasteiger partial charge in [-0.3, -0.25) is 5.84 Å². The first-order chi connectivity index (χ1) is 6.56. The van der Waals surface area contributed by atoms with Gasteiger partial charge in [-0.1, -0.05) is 6.07 Å². The Kier molecular flexibility index (Phi) is 2.90. The van der Waals surface area contributed by atoms with Crippen LogP contribution in [0.25, 0.3) is 0 Å². The topological polar surface area (TPSA) is 122 Å². The summed E-state index contributed by atoms with van der Waals surface area (Å²) in [4.78, 5) is 10.5. The lowest BCUT2D eigenvalue weighted by Crippen LogP contribution is -2.16. The summed E-state index contributed by atoms with van der Waals surface area (Å²) in [6, 6.07) is 4.34. The highest BCUT2D eigenvalue weighted by molar-refractivity contribution is 5.77. The minimum absolute atomic E-state index is 0.175. The summed E-state index contributed by atoms with van der Waals surface area (Å²) >= 11 is 0. The summed E-state index contributed by atoms with van der Waals surface area (Å²) in [6.07, 6.45) is -1.61. The van der Waals surface area contributed by atoms with E-state index in [2.05, 4.69) is 5.43 Å². The van der Waals surface area contributed by atoms with E-state index in [1.807, 2.05) is 0 Å². The summed E-state index contributed by atoms with van der Waals surface area (Å²) in [5, 5.41) is 17.8. The van der Waals surface area contributed by atoms with Crippen molar-refractivity contribution in [3.63, 3.8) is 0 Å². The van der Waals surface area contributed by atoms with Crippen LogP contribution in [0.2, 0.25) is 0 Å². The molecular formula is C8H11N3O3. The average molecular weight is 197 g/mol. The molecule has 0 saturated carbocycles. The molecule has 0 aromatic heterocycles. The zero-order valence-corrected chi connectivity index (χ0v) is 7.27. The fourth-order valence-corrected chi connectivity index (χ4v) is 1.07. The number of benzene rings is 1. The van der Waals surface area contributed by atoms with Crippen LogP contribution in [-0.4, -0.2) is 16.2 Å². The number of aliphatic carboxylic acids is 1. The van der Waals surface area contributed by atoms with Gasteiger partial charge in [0.25, 0.3) is 0 Å². The van der Waals surface area contributed by atoms with E-state index in [1.165, 1.54) is 18.2 Å². The summed E-state index contributed by atoms with van der Waals surface area (Å²) in [6.45, 7) is 0. The van der Waals surface area contributed by atoms with Crippen molar-refractivity contribution >= 4 is 17.3 Å². The van der Waals surface area contributed by atoms with E-state index in [0.717, 1.165) is 0 Å². The molecule has 0 aliphatic rings. The van der Waals surface area contributed by atoms with Gasteiger partial charge in [0, 0.05) is 11.3 Å². The van der Waals surface area contributed by atoms with Crippen molar-refractivity contribution in [3.8, 4) is 0 Å². The van der Waals surface area contributed by atoms with Crippen molar-refractivity contribution in [2.75, 3.05) is 11.2 Å². The maximum absolute atomic E-state index is 10.5. The maximum atomic E-state index is 10.5. The molecule has 0 radical (unpaired) electrons. The summed E-state index contributed by atoms with van der Waals surface area (Å²) in [5.74, 6) is 3.81. The first-order valence-corrected chi connectivity index (χ1v) is 3.83. The monoisotopic (exact) mass is 197 g/mol. The van der Waals surface area contributed by atoms with Crippen molar-refractivity contribution in [2.45, 2.75) is 6.10 Å². The van der Waals surface area contributed by atoms with Crippen LogP contribution in [0.1, 0.15) is 11.7 Å². The largest absolute Gasteiger partial charge is 0.479 e. The zero-order valence-electron chi connectivity index (χ0n) is 7.27. The van der Waals surface area contributed by atoms with E-state index < -0.39 is 12.1 Å². The van der Waals surface area contributed by atoms with Crippen LogP contribution in [0.5, 0.6) is 0 Å². The lowest BCUT2D eigenvalue weighted by atomic mass is 10.1. The van der Waals surface area contributed by atoms with Gasteiger partial charge < -0.3 is 21.4 Å². The molecule has 0 amide bonds. The third kappa shape index (κ3) is 1.93. The van der Waals surface area contributed by atoms with Crippen LogP contribution in [-0.2, 0) is 4.79 Å². The highest BCUT2D eigenvalue weighted by Gasteiger charge is 2.19. The number of carboxylic acids is 1. The number of aliphatic hydroxyl groups is 1. The van der Waals surface area contributed by atoms with E-state index in [0.29, 0.717) is 11.4 Å². The molecule has 1 aromatic carbocycles. The quantitative estimate of drug-likeness (QED) is 0.257.